The van der Waals surface area contributed by atoms with Crippen molar-refractivity contribution in [1.82, 2.24) is 0 Å². The fraction of sp³-hybridized carbons (Fsp3) is 0.533. The highest BCUT2D eigenvalue weighted by Gasteiger charge is 2.29. The number of amides is 1. The van der Waals surface area contributed by atoms with Crippen LogP contribution >= 0.6 is 0 Å². The van der Waals surface area contributed by atoms with E-state index in [9.17, 15) is 4.79 Å². The summed E-state index contributed by atoms with van der Waals surface area (Å²) >= 11 is 0. The largest absolute Gasteiger partial charge is 0.382 e. The van der Waals surface area contributed by atoms with Crippen molar-refractivity contribution in [3.05, 3.63) is 24.3 Å². The van der Waals surface area contributed by atoms with Crippen LogP contribution in [0.5, 0.6) is 0 Å². The van der Waals surface area contributed by atoms with E-state index in [2.05, 4.69) is 10.6 Å². The zero-order valence-electron chi connectivity index (χ0n) is 12.0. The molecule has 0 saturated heterocycles. The highest BCUT2D eigenvalue weighted by Crippen LogP contribution is 2.27. The fourth-order valence-corrected chi connectivity index (χ4v) is 2.31. The third-order valence-corrected chi connectivity index (χ3v) is 3.29. The fourth-order valence-electron chi connectivity index (χ4n) is 2.31. The molecule has 1 aliphatic rings. The van der Waals surface area contributed by atoms with Crippen LogP contribution in [0.25, 0.3) is 0 Å². The Morgan fingerprint density at radius 3 is 2.80 bits per heavy atom. The zero-order valence-corrected chi connectivity index (χ0v) is 12.0. The van der Waals surface area contributed by atoms with Gasteiger partial charge in [0.1, 0.15) is 6.61 Å². The van der Waals surface area contributed by atoms with Gasteiger partial charge in [-0.2, -0.15) is 0 Å². The second-order valence-corrected chi connectivity index (χ2v) is 4.95. The first-order valence-corrected chi connectivity index (χ1v) is 6.98. The maximum absolute atomic E-state index is 11.5. The van der Waals surface area contributed by atoms with Crippen LogP contribution in [0.1, 0.15) is 19.8 Å². The van der Waals surface area contributed by atoms with Gasteiger partial charge in [0.15, 0.2) is 0 Å². The summed E-state index contributed by atoms with van der Waals surface area (Å²) < 4.78 is 10.3. The lowest BCUT2D eigenvalue weighted by Crippen LogP contribution is -2.40. The Bertz CT molecular complexity index is 444. The van der Waals surface area contributed by atoms with Gasteiger partial charge in [-0.1, -0.05) is 6.07 Å². The Labute approximate surface area is 119 Å². The molecule has 1 aromatic rings. The normalized spacial score (nSPS) is 21.1. The van der Waals surface area contributed by atoms with Crippen LogP contribution < -0.4 is 10.6 Å². The van der Waals surface area contributed by atoms with Crippen molar-refractivity contribution in [1.29, 1.82) is 0 Å². The van der Waals surface area contributed by atoms with Gasteiger partial charge in [0.05, 0.1) is 6.10 Å². The molecule has 0 spiro atoms. The second-order valence-electron chi connectivity index (χ2n) is 4.95. The number of hydrogen-bond donors (Lipinski definition) is 2. The van der Waals surface area contributed by atoms with E-state index in [1.165, 1.54) is 7.11 Å². The summed E-state index contributed by atoms with van der Waals surface area (Å²) in [5, 5.41) is 6.24. The molecule has 0 unspecified atom stereocenters. The van der Waals surface area contributed by atoms with Crippen molar-refractivity contribution in [2.45, 2.75) is 31.9 Å². The lowest BCUT2D eigenvalue weighted by atomic mass is 9.89. The first-order chi connectivity index (χ1) is 9.71. The van der Waals surface area contributed by atoms with Crippen molar-refractivity contribution in [3.63, 3.8) is 0 Å². The van der Waals surface area contributed by atoms with Crippen LogP contribution in [-0.4, -0.2) is 38.4 Å². The van der Waals surface area contributed by atoms with Gasteiger partial charge in [0, 0.05) is 31.1 Å². The average Bonchev–Trinajstić information content (AvgIpc) is 2.37. The number of ether oxygens (including phenoxy) is 2. The minimum Gasteiger partial charge on any atom is -0.382 e. The molecule has 5 nitrogen and oxygen atoms in total. The second kappa shape index (κ2) is 7.26. The van der Waals surface area contributed by atoms with Crippen LogP contribution in [0, 0.1) is 0 Å². The van der Waals surface area contributed by atoms with E-state index in [0.717, 1.165) is 30.8 Å². The lowest BCUT2D eigenvalue weighted by Gasteiger charge is -2.36. The van der Waals surface area contributed by atoms with E-state index in [4.69, 9.17) is 9.47 Å². The third kappa shape index (κ3) is 4.21. The van der Waals surface area contributed by atoms with E-state index in [1.807, 2.05) is 31.2 Å². The van der Waals surface area contributed by atoms with Crippen LogP contribution in [0.3, 0.4) is 0 Å². The maximum atomic E-state index is 11.5. The topological polar surface area (TPSA) is 59.6 Å². The molecule has 0 aromatic heterocycles. The summed E-state index contributed by atoms with van der Waals surface area (Å²) in [5.41, 5.74) is 1.79. The van der Waals surface area contributed by atoms with Crippen molar-refractivity contribution in [2.24, 2.45) is 0 Å². The van der Waals surface area contributed by atoms with Crippen LogP contribution in [0.15, 0.2) is 24.3 Å². The molecule has 1 fully saturated rings. The van der Waals surface area contributed by atoms with Gasteiger partial charge in [-0.05, 0) is 38.0 Å². The summed E-state index contributed by atoms with van der Waals surface area (Å²) in [4.78, 5) is 11.5. The number of nitrogens with one attached hydrogen (secondary N) is 2. The number of carbonyl (C=O) groups excluding carboxylic acids is 1. The standard InChI is InChI=1S/C15H22N2O3/c1-3-20-14-8-13(9-14)16-11-5-4-6-12(7-11)17-15(18)10-19-2/h4-7,13-14,16H,3,8-10H2,1-2H3,(H,17,18). The Hall–Kier alpha value is -1.59. The molecule has 1 aliphatic carbocycles. The van der Waals surface area contributed by atoms with Gasteiger partial charge < -0.3 is 20.1 Å². The summed E-state index contributed by atoms with van der Waals surface area (Å²) in [7, 11) is 1.50. The first kappa shape index (κ1) is 14.8. The summed E-state index contributed by atoms with van der Waals surface area (Å²) in [6.45, 7) is 2.86. The number of anilines is 2. The number of methoxy groups -OCH3 is 1. The molecular weight excluding hydrogens is 256 g/mol. The first-order valence-electron chi connectivity index (χ1n) is 6.98. The van der Waals surface area contributed by atoms with Gasteiger partial charge in [0.25, 0.3) is 0 Å². The van der Waals surface area contributed by atoms with Crippen molar-refractivity contribution >= 4 is 17.3 Å². The molecule has 0 heterocycles. The molecule has 0 bridgehead atoms. The summed E-state index contributed by atoms with van der Waals surface area (Å²) in [6.07, 6.45) is 2.46. The maximum Gasteiger partial charge on any atom is 0.250 e. The molecule has 0 atom stereocenters. The zero-order chi connectivity index (χ0) is 14.4. The van der Waals surface area contributed by atoms with Crippen LogP contribution in [0.2, 0.25) is 0 Å². The molecule has 1 saturated carbocycles. The van der Waals surface area contributed by atoms with Gasteiger partial charge in [0.2, 0.25) is 5.91 Å². The molecule has 2 rings (SSSR count). The number of carbonyl (C=O) groups is 1. The number of rotatable bonds is 7. The van der Waals surface area contributed by atoms with Crippen molar-refractivity contribution in [2.75, 3.05) is 31.0 Å². The van der Waals surface area contributed by atoms with E-state index >= 15 is 0 Å². The Morgan fingerprint density at radius 1 is 1.35 bits per heavy atom. The van der Waals surface area contributed by atoms with Crippen molar-refractivity contribution in [3.8, 4) is 0 Å². The lowest BCUT2D eigenvalue weighted by molar-refractivity contribution is -0.119. The number of benzene rings is 1. The molecule has 0 aliphatic heterocycles. The van der Waals surface area contributed by atoms with Gasteiger partial charge in [-0.3, -0.25) is 4.79 Å². The third-order valence-electron chi connectivity index (χ3n) is 3.29. The molecule has 20 heavy (non-hydrogen) atoms. The molecule has 2 N–H and O–H groups in total. The van der Waals surface area contributed by atoms with Gasteiger partial charge >= 0.3 is 0 Å². The molecule has 5 heteroatoms. The number of hydrogen-bond acceptors (Lipinski definition) is 4. The van der Waals surface area contributed by atoms with E-state index in [-0.39, 0.29) is 12.5 Å². The molecular formula is C15H22N2O3. The minimum atomic E-state index is -0.148. The SMILES string of the molecule is CCOC1CC(Nc2cccc(NC(=O)COC)c2)C1. The summed E-state index contributed by atoms with van der Waals surface area (Å²) in [5.74, 6) is -0.148. The smallest absolute Gasteiger partial charge is 0.250 e. The Kier molecular flexibility index (Phi) is 5.38. The monoisotopic (exact) mass is 278 g/mol. The van der Waals surface area contributed by atoms with Crippen LogP contribution in [-0.2, 0) is 14.3 Å². The van der Waals surface area contributed by atoms with E-state index in [1.54, 1.807) is 0 Å². The van der Waals surface area contributed by atoms with Crippen LogP contribution in [0.4, 0.5) is 11.4 Å². The Balaban J connectivity index is 1.82. The van der Waals surface area contributed by atoms with E-state index < -0.39 is 0 Å². The molecule has 0 radical (unpaired) electrons. The van der Waals surface area contributed by atoms with Gasteiger partial charge in [-0.25, -0.2) is 0 Å². The average molecular weight is 278 g/mol. The highest BCUT2D eigenvalue weighted by molar-refractivity contribution is 5.92. The molecule has 1 aromatic carbocycles. The minimum absolute atomic E-state index is 0.0658. The Morgan fingerprint density at radius 2 is 2.10 bits per heavy atom. The molecule has 1 amide bonds. The quantitative estimate of drug-likeness (QED) is 0.803. The highest BCUT2D eigenvalue weighted by atomic mass is 16.5. The predicted octanol–water partition coefficient (Wildman–Crippen LogP) is 2.25. The molecule has 110 valence electrons. The predicted molar refractivity (Wildman–Crippen MR) is 79.0 cm³/mol. The summed E-state index contributed by atoms with van der Waals surface area (Å²) in [6, 6.07) is 8.17. The van der Waals surface area contributed by atoms with Crippen molar-refractivity contribution < 1.29 is 14.3 Å². The van der Waals surface area contributed by atoms with Gasteiger partial charge in [-0.15, -0.1) is 0 Å². The van der Waals surface area contributed by atoms with E-state index in [0.29, 0.717) is 12.1 Å².